The van der Waals surface area contributed by atoms with Gasteiger partial charge in [0.05, 0.1) is 4.90 Å². The average Bonchev–Trinajstić information content (AvgIpc) is 2.26. The van der Waals surface area contributed by atoms with Crippen LogP contribution in [0.5, 0.6) is 0 Å². The first kappa shape index (κ1) is 16.0. The Bertz CT molecular complexity index is 665. The zero-order valence-electron chi connectivity index (χ0n) is 11.4. The molecule has 0 bridgehead atoms. The lowest BCUT2D eigenvalue weighted by atomic mass is 10.0. The van der Waals surface area contributed by atoms with Gasteiger partial charge in [0.2, 0.25) is 5.91 Å². The summed E-state index contributed by atoms with van der Waals surface area (Å²) < 4.78 is 23.0. The van der Waals surface area contributed by atoms with Crippen molar-refractivity contribution in [2.75, 3.05) is 12.0 Å². The van der Waals surface area contributed by atoms with E-state index in [-0.39, 0.29) is 16.1 Å². The normalized spacial score (nSPS) is 11.9. The molecule has 0 saturated heterocycles. The number of nitrogens with one attached hydrogen (secondary N) is 1. The molecule has 0 spiro atoms. The fourth-order valence-electron chi connectivity index (χ4n) is 1.38. The Morgan fingerprint density at radius 3 is 2.20 bits per heavy atom. The van der Waals surface area contributed by atoms with Crippen molar-refractivity contribution in [3.8, 4) is 0 Å². The summed E-state index contributed by atoms with van der Waals surface area (Å²) >= 11 is 0. The maximum absolute atomic E-state index is 12.0. The van der Waals surface area contributed by atoms with E-state index in [1.807, 2.05) is 0 Å². The molecule has 0 aromatic heterocycles. The van der Waals surface area contributed by atoms with E-state index in [0.717, 1.165) is 6.26 Å². The number of sulfone groups is 1. The Balaban J connectivity index is 3.18. The van der Waals surface area contributed by atoms with Crippen molar-refractivity contribution in [2.45, 2.75) is 24.3 Å². The van der Waals surface area contributed by atoms with Crippen LogP contribution in [0, 0.1) is 0 Å². The highest BCUT2D eigenvalue weighted by atomic mass is 32.2. The Morgan fingerprint density at radius 1 is 1.20 bits per heavy atom. The molecule has 1 rings (SSSR count). The molecule has 0 fully saturated rings. The second-order valence-corrected chi connectivity index (χ2v) is 7.02. The number of amides is 2. The van der Waals surface area contributed by atoms with Gasteiger partial charge in [-0.05, 0) is 32.0 Å². The van der Waals surface area contributed by atoms with Crippen LogP contribution in [0.3, 0.4) is 0 Å². The molecule has 2 amide bonds. The number of nitrogens with two attached hydrogens (primary N) is 2. The van der Waals surface area contributed by atoms with Crippen LogP contribution in [0.1, 0.15) is 24.2 Å². The van der Waals surface area contributed by atoms with Crippen molar-refractivity contribution in [1.82, 2.24) is 5.32 Å². The van der Waals surface area contributed by atoms with Crippen LogP contribution in [-0.4, -0.2) is 32.0 Å². The molecule has 0 heterocycles. The summed E-state index contributed by atoms with van der Waals surface area (Å²) in [5.41, 5.74) is 9.65. The lowest BCUT2D eigenvalue weighted by Gasteiger charge is -2.22. The first-order chi connectivity index (χ1) is 8.93. The third-order valence-corrected chi connectivity index (χ3v) is 3.75. The molecule has 0 aliphatic carbocycles. The highest BCUT2D eigenvalue weighted by Crippen LogP contribution is 2.17. The van der Waals surface area contributed by atoms with Crippen LogP contribution in [0.2, 0.25) is 0 Å². The summed E-state index contributed by atoms with van der Waals surface area (Å²) in [6.07, 6.45) is 1.01. The predicted molar refractivity (Wildman–Crippen MR) is 74.7 cm³/mol. The van der Waals surface area contributed by atoms with Crippen molar-refractivity contribution in [2.24, 2.45) is 5.73 Å². The quantitative estimate of drug-likeness (QED) is 0.655. The summed E-state index contributed by atoms with van der Waals surface area (Å²) in [4.78, 5) is 23.1. The topological polar surface area (TPSA) is 132 Å². The first-order valence-corrected chi connectivity index (χ1v) is 7.55. The van der Waals surface area contributed by atoms with Crippen LogP contribution in [0.4, 0.5) is 5.69 Å². The predicted octanol–water partition coefficient (Wildman–Crippen LogP) is -0.334. The first-order valence-electron chi connectivity index (χ1n) is 5.66. The van der Waals surface area contributed by atoms with Crippen LogP contribution in [0.25, 0.3) is 0 Å². The molecule has 1 aromatic carbocycles. The van der Waals surface area contributed by atoms with Crippen molar-refractivity contribution in [1.29, 1.82) is 0 Å². The molecule has 5 N–H and O–H groups in total. The number of primary amides is 1. The van der Waals surface area contributed by atoms with Crippen LogP contribution >= 0.6 is 0 Å². The van der Waals surface area contributed by atoms with E-state index in [0.29, 0.717) is 0 Å². The van der Waals surface area contributed by atoms with E-state index in [2.05, 4.69) is 5.32 Å². The molecule has 1 aromatic rings. The average molecular weight is 299 g/mol. The number of carbonyl (C=O) groups is 2. The number of rotatable bonds is 4. The van der Waals surface area contributed by atoms with Gasteiger partial charge in [-0.1, -0.05) is 0 Å². The minimum absolute atomic E-state index is 0.0414. The molecule has 0 aliphatic rings. The Labute approximate surface area is 117 Å². The highest BCUT2D eigenvalue weighted by molar-refractivity contribution is 7.90. The van der Waals surface area contributed by atoms with Crippen LogP contribution < -0.4 is 16.8 Å². The summed E-state index contributed by atoms with van der Waals surface area (Å²) in [5.74, 6) is -1.34. The fourth-order valence-corrected chi connectivity index (χ4v) is 2.08. The van der Waals surface area contributed by atoms with Gasteiger partial charge in [0.1, 0.15) is 5.54 Å². The lowest BCUT2D eigenvalue weighted by Crippen LogP contribution is -2.53. The molecule has 0 unspecified atom stereocenters. The van der Waals surface area contributed by atoms with Crippen LogP contribution in [0.15, 0.2) is 23.1 Å². The lowest BCUT2D eigenvalue weighted by molar-refractivity contribution is -0.122. The second-order valence-electron chi connectivity index (χ2n) is 5.01. The SMILES string of the molecule is CC(C)(NC(=O)c1cc(N)cc(S(C)(=O)=O)c1)C(N)=O. The van der Waals surface area contributed by atoms with Gasteiger partial charge in [-0.3, -0.25) is 9.59 Å². The minimum atomic E-state index is -3.49. The van der Waals surface area contributed by atoms with Crippen molar-refractivity contribution >= 4 is 27.3 Å². The van der Waals surface area contributed by atoms with Gasteiger partial charge in [-0.2, -0.15) is 0 Å². The molecule has 20 heavy (non-hydrogen) atoms. The molecule has 0 atom stereocenters. The monoisotopic (exact) mass is 299 g/mol. The van der Waals surface area contributed by atoms with Gasteiger partial charge in [0.25, 0.3) is 5.91 Å². The Morgan fingerprint density at radius 2 is 1.75 bits per heavy atom. The van der Waals surface area contributed by atoms with Crippen molar-refractivity contribution in [3.63, 3.8) is 0 Å². The molecular formula is C12H17N3O4S. The molecule has 7 nitrogen and oxygen atoms in total. The summed E-state index contributed by atoms with van der Waals surface area (Å²) in [7, 11) is -3.49. The number of carbonyl (C=O) groups excluding carboxylic acids is 2. The van der Waals surface area contributed by atoms with E-state index in [1.165, 1.54) is 32.0 Å². The Hall–Kier alpha value is -2.09. The number of nitrogen functional groups attached to an aromatic ring is 1. The smallest absolute Gasteiger partial charge is 0.252 e. The van der Waals surface area contributed by atoms with Gasteiger partial charge in [0, 0.05) is 17.5 Å². The minimum Gasteiger partial charge on any atom is -0.399 e. The second kappa shape index (κ2) is 5.12. The van der Waals surface area contributed by atoms with Gasteiger partial charge in [-0.15, -0.1) is 0 Å². The molecule has 0 saturated carbocycles. The third-order valence-electron chi connectivity index (χ3n) is 2.66. The molecular weight excluding hydrogens is 282 g/mol. The van der Waals surface area contributed by atoms with E-state index >= 15 is 0 Å². The summed E-state index contributed by atoms with van der Waals surface area (Å²) in [6, 6.07) is 3.77. The number of hydrogen-bond acceptors (Lipinski definition) is 5. The van der Waals surface area contributed by atoms with Gasteiger partial charge in [0.15, 0.2) is 9.84 Å². The third kappa shape index (κ3) is 3.70. The molecule has 110 valence electrons. The molecule has 0 aliphatic heterocycles. The van der Waals surface area contributed by atoms with Gasteiger partial charge < -0.3 is 16.8 Å². The Kier molecular flexibility index (Phi) is 4.09. The zero-order chi connectivity index (χ0) is 15.7. The summed E-state index contributed by atoms with van der Waals surface area (Å²) in [6.45, 7) is 2.88. The zero-order valence-corrected chi connectivity index (χ0v) is 12.2. The van der Waals surface area contributed by atoms with Crippen LogP contribution in [-0.2, 0) is 14.6 Å². The summed E-state index contributed by atoms with van der Waals surface area (Å²) in [5, 5.41) is 2.41. The maximum atomic E-state index is 12.0. The van der Waals surface area contributed by atoms with Crippen molar-refractivity contribution in [3.05, 3.63) is 23.8 Å². The number of hydrogen-bond donors (Lipinski definition) is 3. The fraction of sp³-hybridized carbons (Fsp3) is 0.333. The van der Waals surface area contributed by atoms with Gasteiger partial charge in [-0.25, -0.2) is 8.42 Å². The van der Waals surface area contributed by atoms with E-state index < -0.39 is 27.2 Å². The van der Waals surface area contributed by atoms with E-state index in [1.54, 1.807) is 0 Å². The van der Waals surface area contributed by atoms with E-state index in [9.17, 15) is 18.0 Å². The van der Waals surface area contributed by atoms with E-state index in [4.69, 9.17) is 11.5 Å². The maximum Gasteiger partial charge on any atom is 0.252 e. The standard InChI is InChI=1S/C12H17N3O4S/c1-12(2,11(14)17)15-10(16)7-4-8(13)6-9(5-7)20(3,18)19/h4-6H,13H2,1-3H3,(H2,14,17)(H,15,16). The van der Waals surface area contributed by atoms with Crippen molar-refractivity contribution < 1.29 is 18.0 Å². The molecule has 8 heteroatoms. The highest BCUT2D eigenvalue weighted by Gasteiger charge is 2.27. The molecule has 0 radical (unpaired) electrons. The number of benzene rings is 1. The van der Waals surface area contributed by atoms with Gasteiger partial charge >= 0.3 is 0 Å². The largest absolute Gasteiger partial charge is 0.399 e. The number of anilines is 1.